The van der Waals surface area contributed by atoms with E-state index < -0.39 is 10.0 Å². The van der Waals surface area contributed by atoms with Crippen molar-refractivity contribution < 1.29 is 32.1 Å². The fourth-order valence-corrected chi connectivity index (χ4v) is 5.81. The molecule has 12 heteroatoms. The SMILES string of the molecule is COc1cc(-c2ccc(N3CCN(S(=O)(=O)c4ccc5c(c4)OCCO5)CC3)nn2)cc(OC)c1OC. The summed E-state index contributed by atoms with van der Waals surface area (Å²) in [5.74, 6) is 3.24. The Balaban J connectivity index is 1.28. The molecule has 3 heterocycles. The van der Waals surface area contributed by atoms with Gasteiger partial charge in [-0.1, -0.05) is 0 Å². The first-order chi connectivity index (χ1) is 17.9. The number of benzene rings is 2. The third-order valence-corrected chi connectivity index (χ3v) is 8.22. The molecule has 2 aromatic carbocycles. The Labute approximate surface area is 215 Å². The van der Waals surface area contributed by atoms with Gasteiger partial charge in [0, 0.05) is 37.8 Å². The van der Waals surface area contributed by atoms with Gasteiger partial charge >= 0.3 is 0 Å². The molecule has 0 saturated carbocycles. The summed E-state index contributed by atoms with van der Waals surface area (Å²) in [6.07, 6.45) is 0. The van der Waals surface area contributed by atoms with Crippen molar-refractivity contribution in [2.75, 3.05) is 65.6 Å². The van der Waals surface area contributed by atoms with Gasteiger partial charge in [0.05, 0.1) is 31.9 Å². The van der Waals surface area contributed by atoms with Crippen LogP contribution in [0.4, 0.5) is 5.82 Å². The van der Waals surface area contributed by atoms with E-state index in [1.165, 1.54) is 10.4 Å². The molecule has 0 amide bonds. The maximum Gasteiger partial charge on any atom is 0.243 e. The van der Waals surface area contributed by atoms with E-state index in [1.807, 2.05) is 29.2 Å². The quantitative estimate of drug-likeness (QED) is 0.453. The fraction of sp³-hybridized carbons (Fsp3) is 0.360. The van der Waals surface area contributed by atoms with Crippen LogP contribution in [0.2, 0.25) is 0 Å². The van der Waals surface area contributed by atoms with Crippen LogP contribution >= 0.6 is 0 Å². The zero-order valence-corrected chi connectivity index (χ0v) is 21.7. The summed E-state index contributed by atoms with van der Waals surface area (Å²) < 4.78 is 55.2. The normalized spacial score (nSPS) is 15.8. The second-order valence-electron chi connectivity index (χ2n) is 8.39. The van der Waals surface area contributed by atoms with E-state index in [2.05, 4.69) is 10.2 Å². The van der Waals surface area contributed by atoms with Gasteiger partial charge in [0.2, 0.25) is 15.8 Å². The molecule has 2 aliphatic rings. The average molecular weight is 529 g/mol. The van der Waals surface area contributed by atoms with Crippen molar-refractivity contribution in [3.8, 4) is 40.0 Å². The molecule has 0 aliphatic carbocycles. The molecule has 0 bridgehead atoms. The second kappa shape index (κ2) is 10.3. The van der Waals surface area contributed by atoms with E-state index in [4.69, 9.17) is 23.7 Å². The Morgan fingerprint density at radius 1 is 0.784 bits per heavy atom. The Bertz CT molecular complexity index is 1350. The van der Waals surface area contributed by atoms with Crippen molar-refractivity contribution in [3.05, 3.63) is 42.5 Å². The number of hydrogen-bond acceptors (Lipinski definition) is 10. The Kier molecular flexibility index (Phi) is 6.94. The second-order valence-corrected chi connectivity index (χ2v) is 10.3. The number of piperazine rings is 1. The van der Waals surface area contributed by atoms with Crippen LogP contribution in [0.3, 0.4) is 0 Å². The molecule has 1 aromatic heterocycles. The van der Waals surface area contributed by atoms with Crippen LogP contribution < -0.4 is 28.6 Å². The molecule has 0 unspecified atom stereocenters. The van der Waals surface area contributed by atoms with Gasteiger partial charge in [-0.25, -0.2) is 8.42 Å². The van der Waals surface area contributed by atoms with Gasteiger partial charge in [-0.3, -0.25) is 0 Å². The monoisotopic (exact) mass is 528 g/mol. The van der Waals surface area contributed by atoms with Gasteiger partial charge in [0.1, 0.15) is 13.2 Å². The highest BCUT2D eigenvalue weighted by atomic mass is 32.2. The van der Waals surface area contributed by atoms with E-state index in [9.17, 15) is 8.42 Å². The predicted octanol–water partition coefficient (Wildman–Crippen LogP) is 2.45. The van der Waals surface area contributed by atoms with Gasteiger partial charge in [0.25, 0.3) is 0 Å². The first-order valence-electron chi connectivity index (χ1n) is 11.7. The molecule has 1 saturated heterocycles. The molecular formula is C25H28N4O7S. The van der Waals surface area contributed by atoms with E-state index in [0.717, 1.165) is 5.56 Å². The number of sulfonamides is 1. The molecule has 37 heavy (non-hydrogen) atoms. The summed E-state index contributed by atoms with van der Waals surface area (Å²) >= 11 is 0. The summed E-state index contributed by atoms with van der Waals surface area (Å²) in [6, 6.07) is 12.1. The highest BCUT2D eigenvalue weighted by Gasteiger charge is 2.30. The number of aromatic nitrogens is 2. The van der Waals surface area contributed by atoms with Gasteiger partial charge in [-0.05, 0) is 36.4 Å². The van der Waals surface area contributed by atoms with E-state index in [1.54, 1.807) is 33.5 Å². The third-order valence-electron chi connectivity index (χ3n) is 6.33. The molecule has 0 radical (unpaired) electrons. The average Bonchev–Trinajstić information content (AvgIpc) is 2.96. The van der Waals surface area contributed by atoms with Crippen LogP contribution in [0.5, 0.6) is 28.7 Å². The minimum atomic E-state index is -3.66. The summed E-state index contributed by atoms with van der Waals surface area (Å²) in [5, 5.41) is 8.78. The van der Waals surface area contributed by atoms with E-state index in [0.29, 0.717) is 79.7 Å². The number of anilines is 1. The van der Waals surface area contributed by atoms with E-state index >= 15 is 0 Å². The fourth-order valence-electron chi connectivity index (χ4n) is 4.37. The van der Waals surface area contributed by atoms with Crippen LogP contribution in [0.25, 0.3) is 11.3 Å². The van der Waals surface area contributed by atoms with Crippen LogP contribution in [0.15, 0.2) is 47.4 Å². The minimum Gasteiger partial charge on any atom is -0.493 e. The first kappa shape index (κ1) is 24.9. The molecule has 1 fully saturated rings. The lowest BCUT2D eigenvalue weighted by atomic mass is 10.1. The lowest BCUT2D eigenvalue weighted by molar-refractivity contribution is 0.171. The maximum atomic E-state index is 13.2. The number of fused-ring (bicyclic) bond motifs is 1. The Morgan fingerprint density at radius 2 is 1.46 bits per heavy atom. The molecule has 0 N–H and O–H groups in total. The van der Waals surface area contributed by atoms with Gasteiger partial charge in [0.15, 0.2) is 28.8 Å². The minimum absolute atomic E-state index is 0.194. The molecule has 0 spiro atoms. The van der Waals surface area contributed by atoms with Crippen molar-refractivity contribution in [2.45, 2.75) is 4.90 Å². The van der Waals surface area contributed by atoms with Gasteiger partial charge < -0.3 is 28.6 Å². The molecule has 196 valence electrons. The largest absolute Gasteiger partial charge is 0.493 e. The summed E-state index contributed by atoms with van der Waals surface area (Å²) in [5.41, 5.74) is 1.41. The predicted molar refractivity (Wildman–Crippen MR) is 136 cm³/mol. The molecule has 3 aromatic rings. The van der Waals surface area contributed by atoms with Crippen LogP contribution in [0, 0.1) is 0 Å². The van der Waals surface area contributed by atoms with Crippen LogP contribution in [0.1, 0.15) is 0 Å². The number of methoxy groups -OCH3 is 3. The van der Waals surface area contributed by atoms with Crippen LogP contribution in [-0.4, -0.2) is 83.6 Å². The van der Waals surface area contributed by atoms with Crippen molar-refractivity contribution in [2.24, 2.45) is 0 Å². The zero-order valence-electron chi connectivity index (χ0n) is 20.8. The third kappa shape index (κ3) is 4.81. The molecule has 5 rings (SSSR count). The summed E-state index contributed by atoms with van der Waals surface area (Å²) in [4.78, 5) is 2.21. The molecule has 2 aliphatic heterocycles. The molecule has 11 nitrogen and oxygen atoms in total. The number of nitrogens with zero attached hydrogens (tertiary/aromatic N) is 4. The van der Waals surface area contributed by atoms with Gasteiger partial charge in [-0.15, -0.1) is 10.2 Å². The molecule has 0 atom stereocenters. The smallest absolute Gasteiger partial charge is 0.243 e. The van der Waals surface area contributed by atoms with Crippen molar-refractivity contribution >= 4 is 15.8 Å². The van der Waals surface area contributed by atoms with Crippen molar-refractivity contribution in [1.82, 2.24) is 14.5 Å². The Morgan fingerprint density at radius 3 is 2.05 bits per heavy atom. The van der Waals surface area contributed by atoms with Gasteiger partial charge in [-0.2, -0.15) is 4.31 Å². The van der Waals surface area contributed by atoms with Crippen molar-refractivity contribution in [3.63, 3.8) is 0 Å². The summed E-state index contributed by atoms with van der Waals surface area (Å²) in [6.45, 7) is 2.48. The maximum absolute atomic E-state index is 13.2. The summed E-state index contributed by atoms with van der Waals surface area (Å²) in [7, 11) is 1.01. The van der Waals surface area contributed by atoms with E-state index in [-0.39, 0.29) is 4.90 Å². The zero-order chi connectivity index (χ0) is 26.0. The molecular weight excluding hydrogens is 500 g/mol. The van der Waals surface area contributed by atoms with Crippen molar-refractivity contribution in [1.29, 1.82) is 0 Å². The Hall–Kier alpha value is -3.77. The number of ether oxygens (including phenoxy) is 5. The lowest BCUT2D eigenvalue weighted by Crippen LogP contribution is -2.49. The lowest BCUT2D eigenvalue weighted by Gasteiger charge is -2.34. The topological polar surface area (TPSA) is 113 Å². The highest BCUT2D eigenvalue weighted by Crippen LogP contribution is 2.41. The number of rotatable bonds is 7. The number of hydrogen-bond donors (Lipinski definition) is 0. The first-order valence-corrected chi connectivity index (χ1v) is 13.2. The standard InChI is InChI=1S/C25H28N4O7S/c1-32-22-14-17(15-23(33-2)25(22)34-3)19-5-7-24(27-26-19)28-8-10-29(11-9-28)37(30,31)18-4-6-20-21(16-18)36-13-12-35-20/h4-7,14-16H,8-13H2,1-3H3. The van der Waals surface area contributed by atoms with Crippen LogP contribution in [-0.2, 0) is 10.0 Å². The highest BCUT2D eigenvalue weighted by molar-refractivity contribution is 7.89.